The van der Waals surface area contributed by atoms with E-state index in [9.17, 15) is 18.0 Å². The summed E-state index contributed by atoms with van der Waals surface area (Å²) < 4.78 is 38.4. The second-order valence-corrected chi connectivity index (χ2v) is 6.92. The predicted octanol–water partition coefficient (Wildman–Crippen LogP) is 4.45. The normalized spacial score (nSPS) is 14.4. The summed E-state index contributed by atoms with van der Waals surface area (Å²) in [4.78, 5) is 18.0. The Labute approximate surface area is 171 Å². The molecule has 1 aliphatic rings. The Bertz CT molecular complexity index is 1050. The Kier molecular flexibility index (Phi) is 5.31. The standard InChI is InChI=1S/C22H19F3N4O/c23-22(24,25)16-5-7-17(8-6-16)28-19-4-2-1-3-18(19)15-9-10-26-20(13-15)29-12-11-27-21(30)14-29/h1-10,13,28H,11-12,14H2,(H,27,30). The highest BCUT2D eigenvalue weighted by molar-refractivity contribution is 5.84. The summed E-state index contributed by atoms with van der Waals surface area (Å²) >= 11 is 0. The molecule has 2 N–H and O–H groups in total. The summed E-state index contributed by atoms with van der Waals surface area (Å²) in [7, 11) is 0. The molecule has 3 aromatic rings. The van der Waals surface area contributed by atoms with E-state index in [1.165, 1.54) is 12.1 Å². The Morgan fingerprint density at radius 2 is 1.80 bits per heavy atom. The number of piperazine rings is 1. The zero-order valence-corrected chi connectivity index (χ0v) is 15.9. The van der Waals surface area contributed by atoms with Gasteiger partial charge in [0.25, 0.3) is 0 Å². The third-order valence-corrected chi connectivity index (χ3v) is 4.84. The third-order valence-electron chi connectivity index (χ3n) is 4.84. The SMILES string of the molecule is O=C1CN(c2cc(-c3ccccc3Nc3ccc(C(F)(F)F)cc3)ccn2)CCN1. The van der Waals surface area contributed by atoms with Crippen molar-refractivity contribution in [3.8, 4) is 11.1 Å². The molecule has 2 heterocycles. The molecule has 1 aromatic heterocycles. The van der Waals surface area contributed by atoms with Gasteiger partial charge in [0.1, 0.15) is 5.82 Å². The van der Waals surface area contributed by atoms with Crippen LogP contribution in [0.5, 0.6) is 0 Å². The molecule has 154 valence electrons. The monoisotopic (exact) mass is 412 g/mol. The lowest BCUT2D eigenvalue weighted by Gasteiger charge is -2.27. The van der Waals surface area contributed by atoms with E-state index in [1.54, 1.807) is 6.20 Å². The lowest BCUT2D eigenvalue weighted by atomic mass is 10.0. The molecule has 0 radical (unpaired) electrons. The van der Waals surface area contributed by atoms with E-state index in [0.29, 0.717) is 24.6 Å². The fraction of sp³-hybridized carbons (Fsp3) is 0.182. The first-order valence-corrected chi connectivity index (χ1v) is 9.41. The van der Waals surface area contributed by atoms with Gasteiger partial charge >= 0.3 is 6.18 Å². The minimum atomic E-state index is -4.37. The Balaban J connectivity index is 1.61. The van der Waals surface area contributed by atoms with Crippen LogP contribution in [-0.4, -0.2) is 30.5 Å². The van der Waals surface area contributed by atoms with Crippen molar-refractivity contribution in [2.75, 3.05) is 29.9 Å². The quantitative estimate of drug-likeness (QED) is 0.665. The number of nitrogens with zero attached hydrogens (tertiary/aromatic N) is 2. The van der Waals surface area contributed by atoms with Gasteiger partial charge in [-0.2, -0.15) is 13.2 Å². The van der Waals surface area contributed by atoms with Crippen LogP contribution < -0.4 is 15.5 Å². The second-order valence-electron chi connectivity index (χ2n) is 6.92. The molecule has 0 spiro atoms. The van der Waals surface area contributed by atoms with Crippen LogP contribution in [0.3, 0.4) is 0 Å². The summed E-state index contributed by atoms with van der Waals surface area (Å²) in [6.45, 7) is 1.49. The van der Waals surface area contributed by atoms with Gasteiger partial charge in [-0.1, -0.05) is 18.2 Å². The molecule has 1 fully saturated rings. The van der Waals surface area contributed by atoms with Gasteiger partial charge in [-0.3, -0.25) is 4.79 Å². The van der Waals surface area contributed by atoms with Crippen molar-refractivity contribution in [3.63, 3.8) is 0 Å². The Morgan fingerprint density at radius 1 is 1.03 bits per heavy atom. The molecule has 0 aliphatic carbocycles. The topological polar surface area (TPSA) is 57.3 Å². The number of amides is 1. The van der Waals surface area contributed by atoms with Crippen molar-refractivity contribution < 1.29 is 18.0 Å². The molecule has 0 saturated carbocycles. The van der Waals surface area contributed by atoms with Gasteiger partial charge in [0, 0.05) is 36.2 Å². The van der Waals surface area contributed by atoms with E-state index in [0.717, 1.165) is 28.9 Å². The average molecular weight is 412 g/mol. The molecule has 2 aromatic carbocycles. The second kappa shape index (κ2) is 8.06. The lowest BCUT2D eigenvalue weighted by Crippen LogP contribution is -2.48. The highest BCUT2D eigenvalue weighted by Gasteiger charge is 2.30. The molecule has 1 aliphatic heterocycles. The molecule has 30 heavy (non-hydrogen) atoms. The van der Waals surface area contributed by atoms with Crippen LogP contribution in [0.1, 0.15) is 5.56 Å². The van der Waals surface area contributed by atoms with Crippen molar-refractivity contribution >= 4 is 23.1 Å². The molecule has 0 unspecified atom stereocenters. The number of hydrogen-bond donors (Lipinski definition) is 2. The molecule has 0 bridgehead atoms. The van der Waals surface area contributed by atoms with E-state index in [4.69, 9.17) is 0 Å². The van der Waals surface area contributed by atoms with E-state index >= 15 is 0 Å². The number of benzene rings is 2. The smallest absolute Gasteiger partial charge is 0.355 e. The number of para-hydroxylation sites is 1. The van der Waals surface area contributed by atoms with Crippen molar-refractivity contribution in [3.05, 3.63) is 72.4 Å². The largest absolute Gasteiger partial charge is 0.416 e. The first kappa shape index (κ1) is 19.8. The summed E-state index contributed by atoms with van der Waals surface area (Å²) in [5.74, 6) is 0.657. The van der Waals surface area contributed by atoms with Crippen LogP contribution in [-0.2, 0) is 11.0 Å². The summed E-state index contributed by atoms with van der Waals surface area (Å²) in [5.41, 5.74) is 2.39. The third kappa shape index (κ3) is 4.37. The number of anilines is 3. The number of carbonyl (C=O) groups excluding carboxylic acids is 1. The van der Waals surface area contributed by atoms with Gasteiger partial charge in [-0.25, -0.2) is 4.98 Å². The maximum Gasteiger partial charge on any atom is 0.416 e. The zero-order valence-electron chi connectivity index (χ0n) is 15.9. The Hall–Kier alpha value is -3.55. The van der Waals surface area contributed by atoms with E-state index in [1.807, 2.05) is 41.3 Å². The summed E-state index contributed by atoms with van der Waals surface area (Å²) in [6, 6.07) is 16.2. The van der Waals surface area contributed by atoms with Crippen LogP contribution in [0, 0.1) is 0 Å². The number of pyridine rings is 1. The predicted molar refractivity (Wildman–Crippen MR) is 110 cm³/mol. The highest BCUT2D eigenvalue weighted by atomic mass is 19.4. The molecular formula is C22H19F3N4O. The molecule has 1 amide bonds. The van der Waals surface area contributed by atoms with Crippen molar-refractivity contribution in [1.82, 2.24) is 10.3 Å². The molecule has 4 rings (SSSR count). The van der Waals surface area contributed by atoms with Crippen LogP contribution in [0.2, 0.25) is 0 Å². The van der Waals surface area contributed by atoms with Gasteiger partial charge in [-0.15, -0.1) is 0 Å². The first-order chi connectivity index (χ1) is 14.4. The number of alkyl halides is 3. The van der Waals surface area contributed by atoms with E-state index < -0.39 is 11.7 Å². The number of hydrogen-bond acceptors (Lipinski definition) is 4. The maximum absolute atomic E-state index is 12.8. The number of rotatable bonds is 4. The van der Waals surface area contributed by atoms with Crippen molar-refractivity contribution in [1.29, 1.82) is 0 Å². The van der Waals surface area contributed by atoms with Crippen molar-refractivity contribution in [2.24, 2.45) is 0 Å². The minimum absolute atomic E-state index is 0.0437. The van der Waals surface area contributed by atoms with Crippen LogP contribution in [0.15, 0.2) is 66.9 Å². The number of carbonyl (C=O) groups is 1. The van der Waals surface area contributed by atoms with Gasteiger partial charge in [-0.05, 0) is 48.0 Å². The molecule has 0 atom stereocenters. The molecule has 8 heteroatoms. The Morgan fingerprint density at radius 3 is 2.53 bits per heavy atom. The molecule has 1 saturated heterocycles. The van der Waals surface area contributed by atoms with Crippen LogP contribution in [0.4, 0.5) is 30.4 Å². The fourth-order valence-corrected chi connectivity index (χ4v) is 3.33. The lowest BCUT2D eigenvalue weighted by molar-refractivity contribution is -0.137. The zero-order chi connectivity index (χ0) is 21.1. The van der Waals surface area contributed by atoms with Gasteiger partial charge in [0.15, 0.2) is 0 Å². The number of aromatic nitrogens is 1. The highest BCUT2D eigenvalue weighted by Crippen LogP contribution is 2.33. The van der Waals surface area contributed by atoms with Crippen LogP contribution >= 0.6 is 0 Å². The average Bonchev–Trinajstić information content (AvgIpc) is 2.74. The van der Waals surface area contributed by atoms with Gasteiger partial charge < -0.3 is 15.5 Å². The maximum atomic E-state index is 12.8. The minimum Gasteiger partial charge on any atom is -0.355 e. The fourth-order valence-electron chi connectivity index (χ4n) is 3.33. The summed E-state index contributed by atoms with van der Waals surface area (Å²) in [5, 5.41) is 5.98. The van der Waals surface area contributed by atoms with Crippen molar-refractivity contribution in [2.45, 2.75) is 6.18 Å². The first-order valence-electron chi connectivity index (χ1n) is 9.41. The van der Waals surface area contributed by atoms with Gasteiger partial charge in [0.05, 0.1) is 12.1 Å². The van der Waals surface area contributed by atoms with Crippen LogP contribution in [0.25, 0.3) is 11.1 Å². The summed E-state index contributed by atoms with van der Waals surface area (Å²) in [6.07, 6.45) is -2.68. The van der Waals surface area contributed by atoms with Gasteiger partial charge in [0.2, 0.25) is 5.91 Å². The molecule has 5 nitrogen and oxygen atoms in total. The number of halogens is 3. The van der Waals surface area contributed by atoms with E-state index in [2.05, 4.69) is 15.6 Å². The molecular weight excluding hydrogens is 393 g/mol. The van der Waals surface area contributed by atoms with E-state index in [-0.39, 0.29) is 12.5 Å². The number of nitrogens with one attached hydrogen (secondary N) is 2.